The Bertz CT molecular complexity index is 980. The van der Waals surface area contributed by atoms with Gasteiger partial charge < -0.3 is 9.26 Å². The number of hydrogen-bond acceptors (Lipinski definition) is 6. The molecule has 2 heterocycles. The molecule has 0 fully saturated rings. The number of amides is 1. The maximum absolute atomic E-state index is 14.7. The average molecular weight is 438 g/mol. The first-order chi connectivity index (χ1) is 13.9. The molecule has 0 bridgehead atoms. The van der Waals surface area contributed by atoms with Crippen LogP contribution >= 0.6 is 11.8 Å². The van der Waals surface area contributed by atoms with Crippen LogP contribution < -0.4 is 5.32 Å². The molecule has 2 aromatic rings. The Labute approximate surface area is 178 Å². The van der Waals surface area contributed by atoms with Gasteiger partial charge in [-0.3, -0.25) is 10.3 Å². The van der Waals surface area contributed by atoms with Crippen molar-refractivity contribution < 1.29 is 22.8 Å². The lowest BCUT2D eigenvalue weighted by atomic mass is 9.85. The summed E-state index contributed by atoms with van der Waals surface area (Å²) >= 11 is 1.32. The Kier molecular flexibility index (Phi) is 5.95. The van der Waals surface area contributed by atoms with E-state index in [4.69, 9.17) is 9.26 Å². The van der Waals surface area contributed by atoms with Crippen LogP contribution in [0, 0.1) is 25.5 Å². The van der Waals surface area contributed by atoms with Gasteiger partial charge >= 0.3 is 6.09 Å². The molecule has 2 atom stereocenters. The molecule has 3 rings (SSSR count). The second-order valence-corrected chi connectivity index (χ2v) is 9.68. The van der Waals surface area contributed by atoms with E-state index in [0.29, 0.717) is 17.9 Å². The minimum Gasteiger partial charge on any atom is -0.444 e. The Hall–Kier alpha value is -2.42. The normalized spacial score (nSPS) is 21.9. The van der Waals surface area contributed by atoms with Crippen molar-refractivity contribution in [3.63, 3.8) is 0 Å². The van der Waals surface area contributed by atoms with Crippen molar-refractivity contribution >= 4 is 23.0 Å². The lowest BCUT2D eigenvalue weighted by Crippen LogP contribution is -2.39. The van der Waals surface area contributed by atoms with Gasteiger partial charge in [-0.05, 0) is 54.0 Å². The van der Waals surface area contributed by atoms with Gasteiger partial charge in [-0.1, -0.05) is 23.0 Å². The lowest BCUT2D eigenvalue weighted by molar-refractivity contribution is 0.0564. The Balaban J connectivity index is 2.02. The second kappa shape index (κ2) is 8.02. The molecule has 1 aliphatic heterocycles. The molecule has 1 aromatic heterocycles. The number of halogens is 2. The van der Waals surface area contributed by atoms with E-state index >= 15 is 0 Å². The SMILES string of the molecule is Cc1noc(C)c1[C@H]1C[C@@](C)(c2ccc(F)cc2F)N=C(NC(=O)OC(C)(C)C)S1. The number of rotatable bonds is 2. The van der Waals surface area contributed by atoms with Crippen LogP contribution in [0.25, 0.3) is 0 Å². The third-order valence-corrected chi connectivity index (χ3v) is 5.82. The van der Waals surface area contributed by atoms with E-state index in [9.17, 15) is 13.6 Å². The number of carbonyl (C=O) groups is 1. The molecule has 1 aliphatic rings. The molecule has 0 radical (unpaired) electrons. The number of nitrogens with one attached hydrogen (secondary N) is 1. The molecule has 6 nitrogen and oxygen atoms in total. The number of ether oxygens (including phenoxy) is 1. The first-order valence-corrected chi connectivity index (χ1v) is 10.4. The zero-order valence-corrected chi connectivity index (χ0v) is 18.6. The number of aryl methyl sites for hydroxylation is 2. The summed E-state index contributed by atoms with van der Waals surface area (Å²) in [6.45, 7) is 10.7. The number of thioether (sulfide) groups is 1. The number of amidine groups is 1. The molecular weight excluding hydrogens is 412 g/mol. The quantitative estimate of drug-likeness (QED) is 0.667. The van der Waals surface area contributed by atoms with Crippen LogP contribution in [-0.2, 0) is 10.3 Å². The maximum atomic E-state index is 14.7. The predicted molar refractivity (Wildman–Crippen MR) is 111 cm³/mol. The first kappa shape index (κ1) is 22.3. The van der Waals surface area contributed by atoms with E-state index in [0.717, 1.165) is 11.6 Å². The highest BCUT2D eigenvalue weighted by atomic mass is 32.2. The monoisotopic (exact) mass is 437 g/mol. The lowest BCUT2D eigenvalue weighted by Gasteiger charge is -2.35. The van der Waals surface area contributed by atoms with Crippen LogP contribution in [0.3, 0.4) is 0 Å². The Morgan fingerprint density at radius 1 is 1.33 bits per heavy atom. The number of benzene rings is 1. The topological polar surface area (TPSA) is 76.7 Å². The summed E-state index contributed by atoms with van der Waals surface area (Å²) < 4.78 is 38.8. The summed E-state index contributed by atoms with van der Waals surface area (Å²) in [6.07, 6.45) is -0.252. The van der Waals surface area contributed by atoms with Crippen LogP contribution in [0.2, 0.25) is 0 Å². The van der Waals surface area contributed by atoms with Crippen molar-refractivity contribution in [2.24, 2.45) is 4.99 Å². The molecule has 0 unspecified atom stereocenters. The Morgan fingerprint density at radius 3 is 2.60 bits per heavy atom. The van der Waals surface area contributed by atoms with Crippen LogP contribution in [0.5, 0.6) is 0 Å². The van der Waals surface area contributed by atoms with Crippen molar-refractivity contribution in [1.82, 2.24) is 10.5 Å². The minimum atomic E-state index is -1.05. The summed E-state index contributed by atoms with van der Waals surface area (Å²) in [5.74, 6) is -0.712. The third kappa shape index (κ3) is 4.83. The fourth-order valence-corrected chi connectivity index (χ4v) is 5.02. The average Bonchev–Trinajstić information content (AvgIpc) is 2.90. The minimum absolute atomic E-state index is 0.215. The van der Waals surface area contributed by atoms with Crippen molar-refractivity contribution in [2.45, 2.75) is 64.4 Å². The van der Waals surface area contributed by atoms with Crippen LogP contribution in [-0.4, -0.2) is 22.0 Å². The van der Waals surface area contributed by atoms with Gasteiger partial charge in [0.2, 0.25) is 0 Å². The molecule has 1 N–H and O–H groups in total. The molecular formula is C21H25F2N3O3S. The molecule has 1 amide bonds. The van der Waals surface area contributed by atoms with Gasteiger partial charge in [-0.15, -0.1) is 0 Å². The largest absolute Gasteiger partial charge is 0.444 e. The van der Waals surface area contributed by atoms with E-state index in [1.807, 2.05) is 6.92 Å². The highest BCUT2D eigenvalue weighted by Crippen LogP contribution is 2.48. The van der Waals surface area contributed by atoms with E-state index in [1.165, 1.54) is 23.9 Å². The van der Waals surface area contributed by atoms with Crippen molar-refractivity contribution in [1.29, 1.82) is 0 Å². The number of nitrogens with zero attached hydrogens (tertiary/aromatic N) is 2. The molecule has 162 valence electrons. The van der Waals surface area contributed by atoms with Crippen LogP contribution in [0.15, 0.2) is 27.7 Å². The molecule has 0 aliphatic carbocycles. The van der Waals surface area contributed by atoms with Gasteiger partial charge in [0.15, 0.2) is 5.17 Å². The fourth-order valence-electron chi connectivity index (χ4n) is 3.49. The second-order valence-electron chi connectivity index (χ2n) is 8.49. The number of aromatic nitrogens is 1. The van der Waals surface area contributed by atoms with Crippen molar-refractivity contribution in [3.05, 3.63) is 52.4 Å². The van der Waals surface area contributed by atoms with Gasteiger partial charge in [0.25, 0.3) is 0 Å². The molecule has 0 spiro atoms. The van der Waals surface area contributed by atoms with Crippen molar-refractivity contribution in [3.8, 4) is 0 Å². The summed E-state index contributed by atoms with van der Waals surface area (Å²) in [6, 6.07) is 3.43. The zero-order valence-electron chi connectivity index (χ0n) is 17.8. The molecule has 0 saturated carbocycles. The van der Waals surface area contributed by atoms with Gasteiger partial charge in [-0.25, -0.2) is 13.6 Å². The Morgan fingerprint density at radius 2 is 2.03 bits per heavy atom. The number of carbonyl (C=O) groups excluding carboxylic acids is 1. The van der Waals surface area contributed by atoms with Crippen LogP contribution in [0.1, 0.15) is 61.9 Å². The van der Waals surface area contributed by atoms with Gasteiger partial charge in [0.05, 0.1) is 11.2 Å². The standard InChI is InChI=1S/C21H25F2N3O3S/c1-11-17(12(2)29-26-11)16-10-21(6,14-8-7-13(22)9-15(14)23)25-18(30-16)24-19(27)28-20(3,4)5/h7-9,16H,10H2,1-6H3,(H,24,25,27)/t16-,21+/m1/s1. The highest BCUT2D eigenvalue weighted by Gasteiger charge is 2.40. The van der Waals surface area contributed by atoms with E-state index in [-0.39, 0.29) is 16.0 Å². The summed E-state index contributed by atoms with van der Waals surface area (Å²) in [5, 5.41) is 6.75. The van der Waals surface area contributed by atoms with Crippen LogP contribution in [0.4, 0.5) is 13.6 Å². The van der Waals surface area contributed by atoms with E-state index in [2.05, 4.69) is 15.5 Å². The van der Waals surface area contributed by atoms with Gasteiger partial charge in [0.1, 0.15) is 23.0 Å². The molecule has 1 aromatic carbocycles. The van der Waals surface area contributed by atoms with E-state index < -0.39 is 28.9 Å². The fraction of sp³-hybridized carbons (Fsp3) is 0.476. The molecule has 9 heteroatoms. The number of hydrogen-bond donors (Lipinski definition) is 1. The van der Waals surface area contributed by atoms with E-state index in [1.54, 1.807) is 34.6 Å². The molecule has 30 heavy (non-hydrogen) atoms. The zero-order chi connectivity index (χ0) is 22.3. The van der Waals surface area contributed by atoms with Gasteiger partial charge in [0, 0.05) is 22.4 Å². The van der Waals surface area contributed by atoms with Gasteiger partial charge in [-0.2, -0.15) is 0 Å². The molecule has 0 saturated heterocycles. The number of alkyl carbamates (subject to hydrolysis) is 1. The highest BCUT2D eigenvalue weighted by molar-refractivity contribution is 8.14. The summed E-state index contributed by atoms with van der Waals surface area (Å²) in [7, 11) is 0. The summed E-state index contributed by atoms with van der Waals surface area (Å²) in [5.41, 5.74) is 0.0908. The maximum Gasteiger partial charge on any atom is 0.413 e. The predicted octanol–water partition coefficient (Wildman–Crippen LogP) is 5.54. The smallest absolute Gasteiger partial charge is 0.413 e. The van der Waals surface area contributed by atoms with Crippen molar-refractivity contribution in [2.75, 3.05) is 0 Å². The first-order valence-electron chi connectivity index (χ1n) is 9.53. The number of aliphatic imine (C=N–C) groups is 1. The third-order valence-electron chi connectivity index (χ3n) is 4.71. The summed E-state index contributed by atoms with van der Waals surface area (Å²) in [4.78, 5) is 16.9.